The minimum Gasteiger partial charge on any atom is -0.462 e. The van der Waals surface area contributed by atoms with Gasteiger partial charge < -0.3 is 14.5 Å². The lowest BCUT2D eigenvalue weighted by atomic mass is 10.1. The van der Waals surface area contributed by atoms with Crippen molar-refractivity contribution in [2.45, 2.75) is 44.2 Å². The summed E-state index contributed by atoms with van der Waals surface area (Å²) in [6.45, 7) is 4.50. The molecule has 1 N–H and O–H groups in total. The molecule has 1 fully saturated rings. The van der Waals surface area contributed by atoms with Gasteiger partial charge in [-0.05, 0) is 74.0 Å². The molecule has 180 valence electrons. The lowest BCUT2D eigenvalue weighted by molar-refractivity contribution is 0.0526. The van der Waals surface area contributed by atoms with Crippen LogP contribution in [0.1, 0.15) is 41.3 Å². The monoisotopic (exact) mass is 484 g/mol. The highest BCUT2D eigenvalue weighted by molar-refractivity contribution is 7.89. The van der Waals surface area contributed by atoms with E-state index in [1.165, 1.54) is 28.6 Å². The maximum Gasteiger partial charge on any atom is 0.338 e. The minimum atomic E-state index is -3.97. The predicted molar refractivity (Wildman–Crippen MR) is 128 cm³/mol. The number of nitrogens with one attached hydrogen (secondary N) is 1. The molecule has 9 heteroatoms. The van der Waals surface area contributed by atoms with Crippen LogP contribution in [-0.4, -0.2) is 49.5 Å². The summed E-state index contributed by atoms with van der Waals surface area (Å²) in [4.78, 5) is 27.6. The van der Waals surface area contributed by atoms with Gasteiger partial charge in [0, 0.05) is 30.8 Å². The third-order valence-corrected chi connectivity index (χ3v) is 7.69. The van der Waals surface area contributed by atoms with Crippen molar-refractivity contribution in [1.82, 2.24) is 9.29 Å². The van der Waals surface area contributed by atoms with Crippen LogP contribution in [0.15, 0.2) is 58.2 Å². The third-order valence-electron chi connectivity index (χ3n) is 5.86. The molecule has 0 amide bonds. The molecule has 3 aromatic rings. The molecule has 1 aliphatic heterocycles. The van der Waals surface area contributed by atoms with Gasteiger partial charge in [-0.3, -0.25) is 4.79 Å². The Labute approximate surface area is 198 Å². The molecule has 0 unspecified atom stereocenters. The van der Waals surface area contributed by atoms with Crippen LogP contribution in [-0.2, 0) is 26.0 Å². The number of fused-ring (bicyclic) bond motifs is 1. The van der Waals surface area contributed by atoms with E-state index in [4.69, 9.17) is 9.47 Å². The Hall–Kier alpha value is -3.01. The highest BCUT2D eigenvalue weighted by Crippen LogP contribution is 2.23. The molecule has 0 spiro atoms. The normalized spacial score (nSPS) is 16.3. The molecule has 1 atom stereocenters. The molecule has 0 radical (unpaired) electrons. The molecular weight excluding hydrogens is 456 g/mol. The summed E-state index contributed by atoms with van der Waals surface area (Å²) in [5.74, 6) is -0.513. The van der Waals surface area contributed by atoms with Gasteiger partial charge in [-0.25, -0.2) is 13.2 Å². The summed E-state index contributed by atoms with van der Waals surface area (Å²) in [5.41, 5.74) is 2.01. The van der Waals surface area contributed by atoms with Gasteiger partial charge in [0.2, 0.25) is 10.0 Å². The Morgan fingerprint density at radius 3 is 2.62 bits per heavy atom. The smallest absolute Gasteiger partial charge is 0.338 e. The summed E-state index contributed by atoms with van der Waals surface area (Å²) in [7, 11) is -3.97. The second-order valence-corrected chi connectivity index (χ2v) is 10.3. The topological polar surface area (TPSA) is 106 Å². The SMILES string of the molecule is CCOC(=O)c1ccc(S(=O)(=O)N(Cc2cc3ccc(C)cc3[nH]c2=O)C[C@H]2CCCO2)cc1. The molecular formula is C25H28N2O6S. The van der Waals surface area contributed by atoms with Crippen LogP contribution < -0.4 is 5.56 Å². The standard InChI is InChI=1S/C25H28N2O6S/c1-3-32-25(29)18-8-10-22(11-9-18)34(30,31)27(16-21-5-4-12-33-21)15-20-14-19-7-6-17(2)13-23(19)26-24(20)28/h6-11,13-14,21H,3-5,12,15-16H2,1-2H3,(H,26,28)/t21-/m1/s1. The number of aromatic amines is 1. The zero-order chi connectivity index (χ0) is 24.3. The van der Waals surface area contributed by atoms with Crippen LogP contribution in [0.3, 0.4) is 0 Å². The van der Waals surface area contributed by atoms with E-state index in [0.717, 1.165) is 23.8 Å². The van der Waals surface area contributed by atoms with Gasteiger partial charge in [0.05, 0.1) is 23.2 Å². The summed E-state index contributed by atoms with van der Waals surface area (Å²) in [5, 5.41) is 0.827. The average Bonchev–Trinajstić information content (AvgIpc) is 3.32. The maximum atomic E-state index is 13.6. The number of aryl methyl sites for hydroxylation is 1. The van der Waals surface area contributed by atoms with Crippen LogP contribution >= 0.6 is 0 Å². The second kappa shape index (κ2) is 10.1. The van der Waals surface area contributed by atoms with Crippen LogP contribution in [0.4, 0.5) is 0 Å². The van der Waals surface area contributed by atoms with Gasteiger partial charge in [0.25, 0.3) is 5.56 Å². The fraction of sp³-hybridized carbons (Fsp3) is 0.360. The Kier molecular flexibility index (Phi) is 7.16. The Balaban J connectivity index is 1.67. The molecule has 1 aromatic heterocycles. The number of carbonyl (C=O) groups is 1. The molecule has 0 bridgehead atoms. The molecule has 34 heavy (non-hydrogen) atoms. The first-order valence-electron chi connectivity index (χ1n) is 11.3. The van der Waals surface area contributed by atoms with Gasteiger partial charge in [0.15, 0.2) is 0 Å². The second-order valence-electron chi connectivity index (χ2n) is 8.39. The molecule has 8 nitrogen and oxygen atoms in total. The van der Waals surface area contributed by atoms with Crippen molar-refractivity contribution in [2.75, 3.05) is 19.8 Å². The lowest BCUT2D eigenvalue weighted by Crippen LogP contribution is -2.38. The maximum absolute atomic E-state index is 13.6. The zero-order valence-corrected chi connectivity index (χ0v) is 20.1. The number of esters is 1. The number of ether oxygens (including phenoxy) is 2. The number of hydrogen-bond donors (Lipinski definition) is 1. The number of benzene rings is 2. The van der Waals surface area contributed by atoms with Crippen molar-refractivity contribution < 1.29 is 22.7 Å². The quantitative estimate of drug-likeness (QED) is 0.492. The predicted octanol–water partition coefficient (Wildman–Crippen LogP) is 3.38. The third kappa shape index (κ3) is 5.22. The van der Waals surface area contributed by atoms with Gasteiger partial charge >= 0.3 is 5.97 Å². The average molecular weight is 485 g/mol. The van der Waals surface area contributed by atoms with E-state index >= 15 is 0 Å². The largest absolute Gasteiger partial charge is 0.462 e. The minimum absolute atomic E-state index is 0.0337. The van der Waals surface area contributed by atoms with Gasteiger partial charge in [-0.2, -0.15) is 4.31 Å². The zero-order valence-electron chi connectivity index (χ0n) is 19.2. The van der Waals surface area contributed by atoms with Gasteiger partial charge in [0.1, 0.15) is 0 Å². The fourth-order valence-corrected chi connectivity index (χ4v) is 5.51. The molecule has 0 saturated carbocycles. The van der Waals surface area contributed by atoms with E-state index in [2.05, 4.69) is 4.98 Å². The number of carbonyl (C=O) groups excluding carboxylic acids is 1. The number of sulfonamides is 1. The summed E-state index contributed by atoms with van der Waals surface area (Å²) < 4.78 is 39.1. The van der Waals surface area contributed by atoms with Crippen molar-refractivity contribution in [3.8, 4) is 0 Å². The molecule has 0 aliphatic carbocycles. The van der Waals surface area contributed by atoms with E-state index in [-0.39, 0.29) is 41.8 Å². The highest BCUT2D eigenvalue weighted by Gasteiger charge is 2.30. The molecule has 2 heterocycles. The summed E-state index contributed by atoms with van der Waals surface area (Å²) in [6, 6.07) is 13.1. The van der Waals surface area contributed by atoms with Crippen molar-refractivity contribution in [3.05, 3.63) is 75.6 Å². The molecule has 1 aliphatic rings. The van der Waals surface area contributed by atoms with Crippen LogP contribution in [0.25, 0.3) is 10.9 Å². The number of rotatable bonds is 8. The van der Waals surface area contributed by atoms with E-state index in [0.29, 0.717) is 17.7 Å². The Morgan fingerprint density at radius 1 is 1.18 bits per heavy atom. The van der Waals surface area contributed by atoms with E-state index in [1.807, 2.05) is 25.1 Å². The molecule has 1 saturated heterocycles. The number of pyridine rings is 1. The van der Waals surface area contributed by atoms with Gasteiger partial charge in [-0.15, -0.1) is 0 Å². The number of H-pyrrole nitrogens is 1. The Bertz CT molecular complexity index is 1340. The summed E-state index contributed by atoms with van der Waals surface area (Å²) in [6.07, 6.45) is 1.37. The highest BCUT2D eigenvalue weighted by atomic mass is 32.2. The Morgan fingerprint density at radius 2 is 1.94 bits per heavy atom. The first kappa shape index (κ1) is 24.1. The van der Waals surface area contributed by atoms with Crippen molar-refractivity contribution in [3.63, 3.8) is 0 Å². The van der Waals surface area contributed by atoms with Crippen molar-refractivity contribution in [1.29, 1.82) is 0 Å². The lowest BCUT2D eigenvalue weighted by Gasteiger charge is -2.25. The first-order valence-corrected chi connectivity index (χ1v) is 12.7. The number of nitrogens with zero attached hydrogens (tertiary/aromatic N) is 1. The van der Waals surface area contributed by atoms with E-state index in [9.17, 15) is 18.0 Å². The van der Waals surface area contributed by atoms with Crippen molar-refractivity contribution >= 4 is 26.9 Å². The number of hydrogen-bond acceptors (Lipinski definition) is 6. The van der Waals surface area contributed by atoms with Crippen LogP contribution in [0, 0.1) is 6.92 Å². The molecule has 4 rings (SSSR count). The number of aromatic nitrogens is 1. The van der Waals surface area contributed by atoms with E-state index < -0.39 is 16.0 Å². The van der Waals surface area contributed by atoms with Crippen molar-refractivity contribution in [2.24, 2.45) is 0 Å². The van der Waals surface area contributed by atoms with E-state index in [1.54, 1.807) is 13.0 Å². The van der Waals surface area contributed by atoms with Gasteiger partial charge in [-0.1, -0.05) is 12.1 Å². The first-order chi connectivity index (χ1) is 16.3. The van der Waals surface area contributed by atoms with Crippen LogP contribution in [0.5, 0.6) is 0 Å². The summed E-state index contributed by atoms with van der Waals surface area (Å²) >= 11 is 0. The van der Waals surface area contributed by atoms with Crippen LogP contribution in [0.2, 0.25) is 0 Å². The molecule has 2 aromatic carbocycles. The fourth-order valence-electron chi connectivity index (χ4n) is 4.06.